The number of hydrogen-bond donors (Lipinski definition) is 0. The van der Waals surface area contributed by atoms with E-state index in [0.29, 0.717) is 22.8 Å². The minimum absolute atomic E-state index is 0.191. The number of methoxy groups -OCH3 is 2. The summed E-state index contributed by atoms with van der Waals surface area (Å²) in [6.07, 6.45) is -0.191. The molecular formula is C20H22N2O5S2. The Morgan fingerprint density at radius 3 is 2.34 bits per heavy atom. The van der Waals surface area contributed by atoms with Crippen molar-refractivity contribution in [2.75, 3.05) is 20.0 Å². The van der Waals surface area contributed by atoms with Crippen LogP contribution < -0.4 is 14.3 Å². The first-order chi connectivity index (χ1) is 13.9. The molecule has 9 heteroatoms. The predicted molar refractivity (Wildman–Crippen MR) is 112 cm³/mol. The summed E-state index contributed by atoms with van der Waals surface area (Å²) in [6.45, 7) is 2.51. The fraction of sp³-hybridized carbons (Fsp3) is 0.300. The molecule has 1 heterocycles. The van der Waals surface area contributed by atoms with Crippen LogP contribution in [0, 0.1) is 0 Å². The fourth-order valence-electron chi connectivity index (χ4n) is 2.96. The van der Waals surface area contributed by atoms with Crippen LogP contribution in [0.5, 0.6) is 11.5 Å². The molecule has 0 unspecified atom stereocenters. The summed E-state index contributed by atoms with van der Waals surface area (Å²) in [6, 6.07) is 11.7. The highest BCUT2D eigenvalue weighted by atomic mass is 32.2. The van der Waals surface area contributed by atoms with Gasteiger partial charge in [-0.05, 0) is 31.2 Å². The van der Waals surface area contributed by atoms with Gasteiger partial charge in [0.25, 0.3) is 0 Å². The van der Waals surface area contributed by atoms with Gasteiger partial charge in [0.2, 0.25) is 5.91 Å². The Kier molecular flexibility index (Phi) is 6.39. The number of ether oxygens (including phenoxy) is 2. The molecule has 0 N–H and O–H groups in total. The van der Waals surface area contributed by atoms with Crippen molar-refractivity contribution >= 4 is 37.3 Å². The molecule has 0 atom stereocenters. The Bertz CT molecular complexity index is 1190. The predicted octanol–water partition coefficient (Wildman–Crippen LogP) is 3.03. The van der Waals surface area contributed by atoms with Gasteiger partial charge in [0.15, 0.2) is 14.6 Å². The molecule has 0 aliphatic rings. The van der Waals surface area contributed by atoms with Crippen molar-refractivity contribution in [1.82, 2.24) is 4.57 Å². The number of nitrogens with zero attached hydrogens (tertiary/aromatic N) is 2. The van der Waals surface area contributed by atoms with Gasteiger partial charge < -0.3 is 14.0 Å². The van der Waals surface area contributed by atoms with Gasteiger partial charge in [0.1, 0.15) is 21.7 Å². The van der Waals surface area contributed by atoms with Crippen LogP contribution in [0.2, 0.25) is 0 Å². The summed E-state index contributed by atoms with van der Waals surface area (Å²) in [4.78, 5) is 17.3. The summed E-state index contributed by atoms with van der Waals surface area (Å²) < 4.78 is 38.3. The number of amides is 1. The number of rotatable bonds is 7. The van der Waals surface area contributed by atoms with Gasteiger partial charge in [-0.3, -0.25) is 4.79 Å². The molecule has 0 bridgehead atoms. The third-order valence-corrected chi connectivity index (χ3v) is 7.24. The van der Waals surface area contributed by atoms with Crippen molar-refractivity contribution in [3.05, 3.63) is 47.3 Å². The molecule has 0 aliphatic heterocycles. The number of aryl methyl sites for hydroxylation is 1. The summed E-state index contributed by atoms with van der Waals surface area (Å²) in [7, 11) is -0.378. The molecule has 0 saturated heterocycles. The van der Waals surface area contributed by atoms with Crippen LogP contribution in [0.15, 0.2) is 52.4 Å². The third-order valence-electron chi connectivity index (χ3n) is 4.42. The molecule has 7 nitrogen and oxygen atoms in total. The molecule has 3 aromatic rings. The number of thiazole rings is 1. The lowest BCUT2D eigenvalue weighted by Crippen LogP contribution is -2.17. The summed E-state index contributed by atoms with van der Waals surface area (Å²) in [5.41, 5.74) is 0.794. The van der Waals surface area contributed by atoms with Gasteiger partial charge in [0.05, 0.1) is 24.9 Å². The van der Waals surface area contributed by atoms with Gasteiger partial charge >= 0.3 is 0 Å². The highest BCUT2D eigenvalue weighted by Crippen LogP contribution is 2.35. The van der Waals surface area contributed by atoms with Crippen LogP contribution in [-0.2, 0) is 21.2 Å². The zero-order chi connectivity index (χ0) is 21.0. The van der Waals surface area contributed by atoms with E-state index in [1.165, 1.54) is 23.5 Å². The average molecular weight is 435 g/mol. The Hall–Kier alpha value is -2.65. The van der Waals surface area contributed by atoms with Crippen LogP contribution in [0.25, 0.3) is 10.2 Å². The molecule has 0 fully saturated rings. The Labute approximate surface area is 173 Å². The topological polar surface area (TPSA) is 87.0 Å². The molecule has 0 radical (unpaired) electrons. The molecule has 1 amide bonds. The maximum Gasteiger partial charge on any atom is 0.249 e. The molecular weight excluding hydrogens is 412 g/mol. The van der Waals surface area contributed by atoms with Crippen molar-refractivity contribution in [2.45, 2.75) is 24.8 Å². The number of aromatic nitrogens is 1. The molecule has 1 aromatic heterocycles. The lowest BCUT2D eigenvalue weighted by atomic mass is 10.3. The van der Waals surface area contributed by atoms with Crippen LogP contribution in [0.4, 0.5) is 0 Å². The number of sulfone groups is 1. The Morgan fingerprint density at radius 2 is 1.72 bits per heavy atom. The van der Waals surface area contributed by atoms with Crippen molar-refractivity contribution in [1.29, 1.82) is 0 Å². The summed E-state index contributed by atoms with van der Waals surface area (Å²) >= 11 is 1.31. The fourth-order valence-corrected chi connectivity index (χ4v) is 5.43. The number of fused-ring (bicyclic) bond motifs is 1. The lowest BCUT2D eigenvalue weighted by molar-refractivity contribution is -0.117. The van der Waals surface area contributed by atoms with Crippen LogP contribution >= 0.6 is 11.3 Å². The van der Waals surface area contributed by atoms with Gasteiger partial charge in [0, 0.05) is 13.0 Å². The SMILES string of the molecule is CCn1c(=NC(=O)CCS(=O)(=O)c2ccccc2)sc2c(OC)ccc(OC)c21. The van der Waals surface area contributed by atoms with Gasteiger partial charge in [-0.1, -0.05) is 29.5 Å². The van der Waals surface area contributed by atoms with Crippen molar-refractivity contribution < 1.29 is 22.7 Å². The summed E-state index contributed by atoms with van der Waals surface area (Å²) in [5.74, 6) is 0.535. The molecule has 3 rings (SSSR count). The first kappa shape index (κ1) is 21.1. The lowest BCUT2D eigenvalue weighted by Gasteiger charge is -2.08. The zero-order valence-electron chi connectivity index (χ0n) is 16.4. The smallest absolute Gasteiger partial charge is 0.249 e. The first-order valence-electron chi connectivity index (χ1n) is 9.01. The van der Waals surface area contributed by atoms with E-state index in [1.54, 1.807) is 44.6 Å². The standard InChI is InChI=1S/C20H22N2O5S2/c1-4-22-18-15(26-2)10-11-16(27-3)19(18)28-20(22)21-17(23)12-13-29(24,25)14-8-6-5-7-9-14/h5-11H,4,12-13H2,1-3H3. The van der Waals surface area contributed by atoms with E-state index in [1.807, 2.05) is 11.5 Å². The average Bonchev–Trinajstić information content (AvgIpc) is 3.10. The third kappa shape index (κ3) is 4.35. The van der Waals surface area contributed by atoms with Gasteiger partial charge in [-0.25, -0.2) is 8.42 Å². The molecule has 29 heavy (non-hydrogen) atoms. The van der Waals surface area contributed by atoms with E-state index in [-0.39, 0.29) is 17.1 Å². The minimum atomic E-state index is -3.53. The van der Waals surface area contributed by atoms with Crippen LogP contribution in [0.1, 0.15) is 13.3 Å². The number of carbonyl (C=O) groups is 1. The van der Waals surface area contributed by atoms with E-state index in [9.17, 15) is 13.2 Å². The Balaban J connectivity index is 1.94. The van der Waals surface area contributed by atoms with Crippen LogP contribution in [0.3, 0.4) is 0 Å². The molecule has 0 saturated carbocycles. The van der Waals surface area contributed by atoms with E-state index < -0.39 is 15.7 Å². The maximum absolute atomic E-state index is 12.4. The Morgan fingerprint density at radius 1 is 1.07 bits per heavy atom. The summed E-state index contributed by atoms with van der Waals surface area (Å²) in [5, 5.41) is 0. The molecule has 2 aromatic carbocycles. The normalized spacial score (nSPS) is 12.3. The first-order valence-corrected chi connectivity index (χ1v) is 11.5. The van der Waals surface area contributed by atoms with Crippen molar-refractivity contribution in [2.24, 2.45) is 4.99 Å². The van der Waals surface area contributed by atoms with Gasteiger partial charge in [-0.2, -0.15) is 4.99 Å². The monoisotopic (exact) mass is 434 g/mol. The van der Waals surface area contributed by atoms with Crippen molar-refractivity contribution in [3.8, 4) is 11.5 Å². The van der Waals surface area contributed by atoms with E-state index in [0.717, 1.165) is 10.2 Å². The second-order valence-corrected chi connectivity index (χ2v) is 9.25. The maximum atomic E-state index is 12.4. The quantitative estimate of drug-likeness (QED) is 0.570. The van der Waals surface area contributed by atoms with E-state index in [4.69, 9.17) is 9.47 Å². The highest BCUT2D eigenvalue weighted by molar-refractivity contribution is 7.91. The van der Waals surface area contributed by atoms with Crippen molar-refractivity contribution in [3.63, 3.8) is 0 Å². The number of carbonyl (C=O) groups excluding carboxylic acids is 1. The van der Waals surface area contributed by atoms with Crippen LogP contribution in [-0.4, -0.2) is 38.9 Å². The minimum Gasteiger partial charge on any atom is -0.495 e. The second kappa shape index (κ2) is 8.79. The van der Waals surface area contributed by atoms with Gasteiger partial charge in [-0.15, -0.1) is 0 Å². The molecule has 0 aliphatic carbocycles. The second-order valence-electron chi connectivity index (χ2n) is 6.16. The van der Waals surface area contributed by atoms with E-state index in [2.05, 4.69) is 4.99 Å². The van der Waals surface area contributed by atoms with E-state index >= 15 is 0 Å². The number of benzene rings is 2. The molecule has 154 valence electrons. The molecule has 0 spiro atoms. The largest absolute Gasteiger partial charge is 0.495 e. The number of hydrogen-bond acceptors (Lipinski definition) is 6. The zero-order valence-corrected chi connectivity index (χ0v) is 18.0. The highest BCUT2D eigenvalue weighted by Gasteiger charge is 2.18.